The Morgan fingerprint density at radius 3 is 2.83 bits per heavy atom. The SMILES string of the molecule is Cc1cccc(-c2nc3cc4c(cc3cc2CN2CCOC(C(N)=O)C2)CCC4)c1. The van der Waals surface area contributed by atoms with Gasteiger partial charge in [0.15, 0.2) is 0 Å². The molecule has 0 radical (unpaired) electrons. The van der Waals surface area contributed by atoms with Crippen LogP contribution in [0.2, 0.25) is 0 Å². The van der Waals surface area contributed by atoms with E-state index in [0.29, 0.717) is 13.2 Å². The zero-order valence-corrected chi connectivity index (χ0v) is 17.4. The molecule has 1 fully saturated rings. The third-order valence-corrected chi connectivity index (χ3v) is 6.26. The van der Waals surface area contributed by atoms with Crippen molar-refractivity contribution in [3.63, 3.8) is 0 Å². The maximum absolute atomic E-state index is 11.6. The van der Waals surface area contributed by atoms with Crippen LogP contribution >= 0.6 is 0 Å². The number of aryl methyl sites for hydroxylation is 3. The first kappa shape index (κ1) is 19.2. The van der Waals surface area contributed by atoms with Crippen LogP contribution in [0.25, 0.3) is 22.2 Å². The summed E-state index contributed by atoms with van der Waals surface area (Å²) in [6.45, 7) is 4.64. The van der Waals surface area contributed by atoms with E-state index in [2.05, 4.69) is 54.3 Å². The molecule has 1 saturated heterocycles. The summed E-state index contributed by atoms with van der Waals surface area (Å²) in [5.74, 6) is -0.397. The Morgan fingerprint density at radius 2 is 2.03 bits per heavy atom. The fourth-order valence-electron chi connectivity index (χ4n) is 4.71. The van der Waals surface area contributed by atoms with Crippen molar-refractivity contribution in [1.82, 2.24) is 9.88 Å². The van der Waals surface area contributed by atoms with E-state index in [4.69, 9.17) is 15.5 Å². The smallest absolute Gasteiger partial charge is 0.247 e. The summed E-state index contributed by atoms with van der Waals surface area (Å²) < 4.78 is 5.53. The summed E-state index contributed by atoms with van der Waals surface area (Å²) >= 11 is 0. The van der Waals surface area contributed by atoms with E-state index in [1.54, 1.807) is 0 Å². The maximum Gasteiger partial charge on any atom is 0.247 e. The quantitative estimate of drug-likeness (QED) is 0.728. The Kier molecular flexibility index (Phi) is 5.01. The molecule has 1 aliphatic carbocycles. The normalized spacial score (nSPS) is 19.2. The minimum Gasteiger partial charge on any atom is -0.367 e. The van der Waals surface area contributed by atoms with Crippen molar-refractivity contribution in [1.29, 1.82) is 0 Å². The molecule has 5 nitrogen and oxygen atoms in total. The van der Waals surface area contributed by atoms with E-state index in [9.17, 15) is 4.79 Å². The molecule has 5 rings (SSSR count). The predicted molar refractivity (Wildman–Crippen MR) is 118 cm³/mol. The lowest BCUT2D eigenvalue weighted by Crippen LogP contribution is -2.47. The Balaban J connectivity index is 1.58. The van der Waals surface area contributed by atoms with Gasteiger partial charge in [-0.3, -0.25) is 9.69 Å². The molecule has 3 aromatic rings. The Hall–Kier alpha value is -2.76. The number of carbonyl (C=O) groups excluding carboxylic acids is 1. The molecule has 1 aliphatic heterocycles. The number of nitrogens with two attached hydrogens (primary N) is 1. The van der Waals surface area contributed by atoms with Gasteiger partial charge in [-0.25, -0.2) is 4.98 Å². The number of carbonyl (C=O) groups is 1. The lowest BCUT2D eigenvalue weighted by molar-refractivity contribution is -0.135. The largest absolute Gasteiger partial charge is 0.367 e. The molecule has 2 aromatic carbocycles. The van der Waals surface area contributed by atoms with Crippen molar-refractivity contribution >= 4 is 16.8 Å². The van der Waals surface area contributed by atoms with Gasteiger partial charge in [-0.1, -0.05) is 23.8 Å². The average Bonchev–Trinajstić information content (AvgIpc) is 3.19. The third-order valence-electron chi connectivity index (χ3n) is 6.26. The number of ether oxygens (including phenoxy) is 1. The predicted octanol–water partition coefficient (Wildman–Crippen LogP) is 3.39. The van der Waals surface area contributed by atoms with Crippen LogP contribution in [0.3, 0.4) is 0 Å². The average molecular weight is 402 g/mol. The summed E-state index contributed by atoms with van der Waals surface area (Å²) in [7, 11) is 0. The molecular weight excluding hydrogens is 374 g/mol. The van der Waals surface area contributed by atoms with E-state index in [0.717, 1.165) is 42.7 Å². The molecule has 30 heavy (non-hydrogen) atoms. The molecule has 154 valence electrons. The first-order valence-electron chi connectivity index (χ1n) is 10.7. The van der Waals surface area contributed by atoms with Crippen molar-refractivity contribution in [3.8, 4) is 11.3 Å². The minimum atomic E-state index is -0.544. The van der Waals surface area contributed by atoms with Gasteiger partial charge in [0.2, 0.25) is 5.91 Å². The molecule has 5 heteroatoms. The molecule has 2 aliphatic rings. The van der Waals surface area contributed by atoms with E-state index in [1.165, 1.54) is 34.1 Å². The number of pyridine rings is 1. The highest BCUT2D eigenvalue weighted by Gasteiger charge is 2.26. The van der Waals surface area contributed by atoms with Gasteiger partial charge in [0.05, 0.1) is 17.8 Å². The second kappa shape index (κ2) is 7.82. The van der Waals surface area contributed by atoms with Crippen molar-refractivity contribution in [2.24, 2.45) is 5.73 Å². The second-order valence-electron chi connectivity index (χ2n) is 8.53. The van der Waals surface area contributed by atoms with Gasteiger partial charge in [0, 0.05) is 30.6 Å². The number of rotatable bonds is 4. The second-order valence-corrected chi connectivity index (χ2v) is 8.53. The number of hydrogen-bond acceptors (Lipinski definition) is 4. The Morgan fingerprint density at radius 1 is 1.20 bits per heavy atom. The fourth-order valence-corrected chi connectivity index (χ4v) is 4.71. The van der Waals surface area contributed by atoms with Gasteiger partial charge in [0.25, 0.3) is 0 Å². The molecular formula is C25H27N3O2. The number of amides is 1. The summed E-state index contributed by atoms with van der Waals surface area (Å²) in [6.07, 6.45) is 2.99. The standard InChI is InChI=1S/C25H27N3O2/c1-16-4-2-7-19(10-16)24-21(14-28-8-9-30-23(15-28)25(26)29)12-20-11-17-5-3-6-18(17)13-22(20)27-24/h2,4,7,10-13,23H,3,5-6,8-9,14-15H2,1H3,(H2,26,29). The molecule has 2 N–H and O–H groups in total. The van der Waals surface area contributed by atoms with E-state index in [1.807, 2.05) is 0 Å². The van der Waals surface area contributed by atoms with E-state index >= 15 is 0 Å². The van der Waals surface area contributed by atoms with Gasteiger partial charge in [-0.15, -0.1) is 0 Å². The van der Waals surface area contributed by atoms with Crippen molar-refractivity contribution in [2.45, 2.75) is 38.8 Å². The van der Waals surface area contributed by atoms with Crippen LogP contribution in [-0.2, 0) is 28.9 Å². The number of morpholine rings is 1. The molecule has 0 bridgehead atoms. The molecule has 0 saturated carbocycles. The van der Waals surface area contributed by atoms with Crippen molar-refractivity contribution in [3.05, 3.63) is 64.7 Å². The Labute approximate surface area is 176 Å². The Bertz CT molecular complexity index is 1120. The molecule has 1 amide bonds. The molecule has 0 spiro atoms. The number of hydrogen-bond donors (Lipinski definition) is 1. The highest BCUT2D eigenvalue weighted by Crippen LogP contribution is 2.32. The van der Waals surface area contributed by atoms with Crippen LogP contribution in [0.1, 0.15) is 28.7 Å². The highest BCUT2D eigenvalue weighted by atomic mass is 16.5. The van der Waals surface area contributed by atoms with Gasteiger partial charge in [0.1, 0.15) is 6.10 Å². The molecule has 1 aromatic heterocycles. The van der Waals surface area contributed by atoms with E-state index < -0.39 is 12.0 Å². The van der Waals surface area contributed by atoms with Crippen molar-refractivity contribution in [2.75, 3.05) is 19.7 Å². The van der Waals surface area contributed by atoms with Crippen LogP contribution in [0.15, 0.2) is 42.5 Å². The first-order valence-corrected chi connectivity index (χ1v) is 10.7. The highest BCUT2D eigenvalue weighted by molar-refractivity contribution is 5.85. The van der Waals surface area contributed by atoms with Gasteiger partial charge < -0.3 is 10.5 Å². The van der Waals surface area contributed by atoms with E-state index in [-0.39, 0.29) is 0 Å². The molecule has 1 unspecified atom stereocenters. The van der Waals surface area contributed by atoms with Crippen LogP contribution < -0.4 is 5.73 Å². The summed E-state index contributed by atoms with van der Waals surface area (Å²) in [5, 5.41) is 1.20. The minimum absolute atomic E-state index is 0.397. The van der Waals surface area contributed by atoms with Gasteiger partial charge >= 0.3 is 0 Å². The number of aromatic nitrogens is 1. The first-order chi connectivity index (χ1) is 14.6. The lowest BCUT2D eigenvalue weighted by atomic mass is 9.99. The lowest BCUT2D eigenvalue weighted by Gasteiger charge is -2.31. The maximum atomic E-state index is 11.6. The summed E-state index contributed by atoms with van der Waals surface area (Å²) in [5.41, 5.74) is 14.0. The zero-order valence-electron chi connectivity index (χ0n) is 17.4. The number of nitrogens with zero attached hydrogens (tertiary/aromatic N) is 2. The fraction of sp³-hybridized carbons (Fsp3) is 0.360. The number of fused-ring (bicyclic) bond motifs is 2. The number of primary amides is 1. The monoisotopic (exact) mass is 401 g/mol. The van der Waals surface area contributed by atoms with Gasteiger partial charge in [-0.2, -0.15) is 0 Å². The summed E-state index contributed by atoms with van der Waals surface area (Å²) in [6, 6.07) is 15.4. The molecule has 2 heterocycles. The van der Waals surface area contributed by atoms with Crippen LogP contribution in [-0.4, -0.2) is 41.6 Å². The topological polar surface area (TPSA) is 68.5 Å². The van der Waals surface area contributed by atoms with Gasteiger partial charge in [-0.05, 0) is 67.1 Å². The van der Waals surface area contributed by atoms with Crippen molar-refractivity contribution < 1.29 is 9.53 Å². The zero-order chi connectivity index (χ0) is 20.7. The number of benzene rings is 2. The molecule has 1 atom stereocenters. The van der Waals surface area contributed by atoms with Crippen LogP contribution in [0.5, 0.6) is 0 Å². The summed E-state index contributed by atoms with van der Waals surface area (Å²) in [4.78, 5) is 19.0. The third kappa shape index (κ3) is 3.71. The van der Waals surface area contributed by atoms with Crippen LogP contribution in [0, 0.1) is 6.92 Å². The van der Waals surface area contributed by atoms with Crippen LogP contribution in [0.4, 0.5) is 0 Å².